The van der Waals surface area contributed by atoms with Gasteiger partial charge in [0.2, 0.25) is 5.91 Å². The summed E-state index contributed by atoms with van der Waals surface area (Å²) in [7, 11) is 0. The second-order valence-electron chi connectivity index (χ2n) is 5.18. The van der Waals surface area contributed by atoms with E-state index in [4.69, 9.17) is 0 Å². The second kappa shape index (κ2) is 7.00. The number of rotatable bonds is 4. The van der Waals surface area contributed by atoms with Gasteiger partial charge in [-0.2, -0.15) is 0 Å². The SMILES string of the molecule is Cc1ccc(C(=O)NCC(=O)Nc2ccc(F)c(F)c2)c(C)c1. The molecule has 0 aliphatic carbocycles. The highest BCUT2D eigenvalue weighted by atomic mass is 19.2. The smallest absolute Gasteiger partial charge is 0.251 e. The molecular formula is C17H16F2N2O2. The van der Waals surface area contributed by atoms with Crippen LogP contribution in [0.4, 0.5) is 14.5 Å². The van der Waals surface area contributed by atoms with E-state index in [0.29, 0.717) is 5.56 Å². The maximum Gasteiger partial charge on any atom is 0.251 e. The Kier molecular flexibility index (Phi) is 5.05. The Morgan fingerprint density at radius 3 is 2.39 bits per heavy atom. The van der Waals surface area contributed by atoms with Gasteiger partial charge in [0, 0.05) is 17.3 Å². The molecule has 2 N–H and O–H groups in total. The zero-order valence-corrected chi connectivity index (χ0v) is 12.7. The molecule has 0 atom stereocenters. The summed E-state index contributed by atoms with van der Waals surface area (Å²) in [5.41, 5.74) is 2.45. The number of nitrogens with one attached hydrogen (secondary N) is 2. The van der Waals surface area contributed by atoms with Crippen LogP contribution in [0, 0.1) is 25.5 Å². The minimum Gasteiger partial charge on any atom is -0.343 e. The maximum absolute atomic E-state index is 13.0. The molecule has 0 heterocycles. The van der Waals surface area contributed by atoms with Crippen molar-refractivity contribution in [1.82, 2.24) is 5.32 Å². The molecule has 2 aromatic carbocycles. The van der Waals surface area contributed by atoms with Crippen LogP contribution in [0.15, 0.2) is 36.4 Å². The van der Waals surface area contributed by atoms with Crippen molar-refractivity contribution in [2.24, 2.45) is 0 Å². The summed E-state index contributed by atoms with van der Waals surface area (Å²) in [6, 6.07) is 8.40. The van der Waals surface area contributed by atoms with Crippen molar-refractivity contribution in [3.8, 4) is 0 Å². The Morgan fingerprint density at radius 1 is 1.00 bits per heavy atom. The number of halogens is 2. The molecule has 0 radical (unpaired) electrons. The first-order valence-corrected chi connectivity index (χ1v) is 6.97. The van der Waals surface area contributed by atoms with Crippen molar-refractivity contribution in [1.29, 1.82) is 0 Å². The molecule has 0 fully saturated rings. The van der Waals surface area contributed by atoms with Crippen LogP contribution in [0.1, 0.15) is 21.5 Å². The molecule has 6 heteroatoms. The van der Waals surface area contributed by atoms with E-state index in [9.17, 15) is 18.4 Å². The summed E-state index contributed by atoms with van der Waals surface area (Å²) in [4.78, 5) is 23.8. The average Bonchev–Trinajstić information content (AvgIpc) is 2.48. The Bertz CT molecular complexity index is 760. The molecule has 2 rings (SSSR count). The van der Waals surface area contributed by atoms with Gasteiger partial charge in [-0.05, 0) is 37.6 Å². The minimum atomic E-state index is -1.05. The molecule has 0 saturated heterocycles. The summed E-state index contributed by atoms with van der Waals surface area (Å²) in [5.74, 6) is -2.95. The van der Waals surface area contributed by atoms with Crippen molar-refractivity contribution in [3.63, 3.8) is 0 Å². The van der Waals surface area contributed by atoms with Crippen molar-refractivity contribution in [2.45, 2.75) is 13.8 Å². The van der Waals surface area contributed by atoms with E-state index < -0.39 is 17.5 Å². The molecule has 2 aromatic rings. The van der Waals surface area contributed by atoms with Crippen molar-refractivity contribution < 1.29 is 18.4 Å². The lowest BCUT2D eigenvalue weighted by molar-refractivity contribution is -0.115. The van der Waals surface area contributed by atoms with E-state index in [-0.39, 0.29) is 18.1 Å². The number of hydrogen-bond acceptors (Lipinski definition) is 2. The minimum absolute atomic E-state index is 0.120. The average molecular weight is 318 g/mol. The molecule has 0 spiro atoms. The molecule has 0 bridgehead atoms. The Hall–Kier alpha value is -2.76. The van der Waals surface area contributed by atoms with Crippen LogP contribution < -0.4 is 10.6 Å². The summed E-state index contributed by atoms with van der Waals surface area (Å²) in [6.07, 6.45) is 0. The highest BCUT2D eigenvalue weighted by Gasteiger charge is 2.11. The Labute approximate surface area is 132 Å². The fourth-order valence-corrected chi connectivity index (χ4v) is 2.10. The van der Waals surface area contributed by atoms with Gasteiger partial charge in [0.05, 0.1) is 6.54 Å². The van der Waals surface area contributed by atoms with Crippen LogP contribution in [-0.2, 0) is 4.79 Å². The van der Waals surface area contributed by atoms with Gasteiger partial charge in [0.1, 0.15) is 0 Å². The number of aryl methyl sites for hydroxylation is 2. The van der Waals surface area contributed by atoms with Gasteiger partial charge in [0.15, 0.2) is 11.6 Å². The van der Waals surface area contributed by atoms with Crippen molar-refractivity contribution in [2.75, 3.05) is 11.9 Å². The number of amides is 2. The quantitative estimate of drug-likeness (QED) is 0.910. The van der Waals surface area contributed by atoms with Crippen LogP contribution in [0.5, 0.6) is 0 Å². The molecule has 120 valence electrons. The van der Waals surface area contributed by atoms with Gasteiger partial charge >= 0.3 is 0 Å². The van der Waals surface area contributed by atoms with Gasteiger partial charge in [-0.15, -0.1) is 0 Å². The van der Waals surface area contributed by atoms with E-state index in [1.165, 1.54) is 6.07 Å². The lowest BCUT2D eigenvalue weighted by atomic mass is 10.1. The highest BCUT2D eigenvalue weighted by Crippen LogP contribution is 2.13. The summed E-state index contributed by atoms with van der Waals surface area (Å²) >= 11 is 0. The first-order valence-electron chi connectivity index (χ1n) is 6.97. The highest BCUT2D eigenvalue weighted by molar-refractivity contribution is 6.00. The van der Waals surface area contributed by atoms with E-state index in [0.717, 1.165) is 23.3 Å². The van der Waals surface area contributed by atoms with Gasteiger partial charge in [0.25, 0.3) is 5.91 Å². The molecular weight excluding hydrogens is 302 g/mol. The van der Waals surface area contributed by atoms with Crippen LogP contribution >= 0.6 is 0 Å². The number of carbonyl (C=O) groups excluding carboxylic acids is 2. The predicted molar refractivity (Wildman–Crippen MR) is 83.2 cm³/mol. The molecule has 0 aliphatic heterocycles. The van der Waals surface area contributed by atoms with E-state index in [2.05, 4.69) is 10.6 Å². The first-order chi connectivity index (χ1) is 10.9. The number of anilines is 1. The lowest BCUT2D eigenvalue weighted by Gasteiger charge is -2.09. The third-order valence-electron chi connectivity index (χ3n) is 3.24. The molecule has 4 nitrogen and oxygen atoms in total. The standard InChI is InChI=1S/C17H16F2N2O2/c1-10-3-5-13(11(2)7-10)17(23)20-9-16(22)21-12-4-6-14(18)15(19)8-12/h3-8H,9H2,1-2H3,(H,20,23)(H,21,22). The van der Waals surface area contributed by atoms with Crippen LogP contribution in [-0.4, -0.2) is 18.4 Å². The van der Waals surface area contributed by atoms with Crippen LogP contribution in [0.3, 0.4) is 0 Å². The van der Waals surface area contributed by atoms with Gasteiger partial charge in [-0.25, -0.2) is 8.78 Å². The van der Waals surface area contributed by atoms with Crippen molar-refractivity contribution in [3.05, 3.63) is 64.7 Å². The number of hydrogen-bond donors (Lipinski definition) is 2. The largest absolute Gasteiger partial charge is 0.343 e. The molecule has 2 amide bonds. The monoisotopic (exact) mass is 318 g/mol. The number of carbonyl (C=O) groups is 2. The van der Waals surface area contributed by atoms with E-state index in [1.807, 2.05) is 26.0 Å². The first kappa shape index (κ1) is 16.6. The molecule has 23 heavy (non-hydrogen) atoms. The fourth-order valence-electron chi connectivity index (χ4n) is 2.10. The molecule has 0 unspecified atom stereocenters. The summed E-state index contributed by atoms with van der Waals surface area (Å²) in [5, 5.41) is 4.87. The third kappa shape index (κ3) is 4.35. The fraction of sp³-hybridized carbons (Fsp3) is 0.176. The maximum atomic E-state index is 13.0. The predicted octanol–water partition coefficient (Wildman–Crippen LogP) is 2.95. The third-order valence-corrected chi connectivity index (χ3v) is 3.24. The zero-order chi connectivity index (χ0) is 17.0. The van der Waals surface area contributed by atoms with Gasteiger partial charge < -0.3 is 10.6 Å². The van der Waals surface area contributed by atoms with Gasteiger partial charge in [-0.3, -0.25) is 9.59 Å². The lowest BCUT2D eigenvalue weighted by Crippen LogP contribution is -2.33. The second-order valence-corrected chi connectivity index (χ2v) is 5.18. The summed E-state index contributed by atoms with van der Waals surface area (Å²) in [6.45, 7) is 3.46. The molecule has 0 saturated carbocycles. The topological polar surface area (TPSA) is 58.2 Å². The normalized spacial score (nSPS) is 10.3. The zero-order valence-electron chi connectivity index (χ0n) is 12.7. The van der Waals surface area contributed by atoms with Gasteiger partial charge in [-0.1, -0.05) is 17.7 Å². The Morgan fingerprint density at radius 2 is 1.74 bits per heavy atom. The molecule has 0 aliphatic rings. The van der Waals surface area contributed by atoms with Crippen LogP contribution in [0.25, 0.3) is 0 Å². The summed E-state index contributed by atoms with van der Waals surface area (Å²) < 4.78 is 25.8. The Balaban J connectivity index is 1.93. The van der Waals surface area contributed by atoms with Crippen molar-refractivity contribution >= 4 is 17.5 Å². The van der Waals surface area contributed by atoms with Crippen LogP contribution in [0.2, 0.25) is 0 Å². The van der Waals surface area contributed by atoms with E-state index in [1.54, 1.807) is 6.07 Å². The number of benzene rings is 2. The molecule has 0 aromatic heterocycles. The van der Waals surface area contributed by atoms with E-state index >= 15 is 0 Å².